The first-order valence-electron chi connectivity index (χ1n) is 7.96. The zero-order valence-corrected chi connectivity index (χ0v) is 13.6. The first-order chi connectivity index (χ1) is 9.56. The number of aromatic nitrogens is 2. The molecule has 1 heterocycles. The van der Waals surface area contributed by atoms with Crippen LogP contribution in [-0.4, -0.2) is 59.4 Å². The fraction of sp³-hybridized carbons (Fsp3) is 0.812. The molecule has 114 valence electrons. The zero-order valence-electron chi connectivity index (χ0n) is 13.6. The molecule has 1 saturated carbocycles. The van der Waals surface area contributed by atoms with Gasteiger partial charge in [-0.15, -0.1) is 0 Å². The Bertz CT molecular complexity index is 407. The molecule has 0 N–H and O–H groups in total. The maximum Gasteiger partial charge on any atom is 0.0596 e. The molecule has 0 aromatic carbocycles. The van der Waals surface area contributed by atoms with E-state index in [-0.39, 0.29) is 0 Å². The number of hydrogen-bond acceptors (Lipinski definition) is 3. The molecule has 0 atom stereocenters. The summed E-state index contributed by atoms with van der Waals surface area (Å²) in [7, 11) is 4.50. The van der Waals surface area contributed by atoms with Gasteiger partial charge >= 0.3 is 0 Å². The van der Waals surface area contributed by atoms with Gasteiger partial charge < -0.3 is 9.80 Å². The molecule has 1 aliphatic rings. The lowest BCUT2D eigenvalue weighted by molar-refractivity contribution is 0.203. The van der Waals surface area contributed by atoms with Gasteiger partial charge in [0.2, 0.25) is 0 Å². The minimum Gasteiger partial charge on any atom is -0.303 e. The molecule has 0 radical (unpaired) electrons. The van der Waals surface area contributed by atoms with Crippen molar-refractivity contribution < 1.29 is 0 Å². The van der Waals surface area contributed by atoms with E-state index in [9.17, 15) is 0 Å². The van der Waals surface area contributed by atoms with Crippen molar-refractivity contribution in [2.24, 2.45) is 0 Å². The third kappa shape index (κ3) is 4.32. The molecule has 4 heteroatoms. The summed E-state index contributed by atoms with van der Waals surface area (Å²) in [4.78, 5) is 4.97. The van der Waals surface area contributed by atoms with E-state index in [2.05, 4.69) is 53.6 Å². The van der Waals surface area contributed by atoms with Crippen LogP contribution in [0.2, 0.25) is 0 Å². The van der Waals surface area contributed by atoms with Gasteiger partial charge in [0.05, 0.1) is 12.2 Å². The van der Waals surface area contributed by atoms with Crippen LogP contribution >= 0.6 is 0 Å². The van der Waals surface area contributed by atoms with E-state index in [4.69, 9.17) is 0 Å². The maximum atomic E-state index is 4.52. The van der Waals surface area contributed by atoms with Crippen LogP contribution in [0, 0.1) is 13.8 Å². The first kappa shape index (κ1) is 15.5. The molecule has 20 heavy (non-hydrogen) atoms. The number of nitrogens with zero attached hydrogens (tertiary/aromatic N) is 4. The van der Waals surface area contributed by atoms with Gasteiger partial charge in [0.25, 0.3) is 0 Å². The molecule has 2 rings (SSSR count). The second kappa shape index (κ2) is 7.23. The Morgan fingerprint density at radius 2 is 1.85 bits per heavy atom. The third-order valence-electron chi connectivity index (χ3n) is 4.58. The van der Waals surface area contributed by atoms with Crippen molar-refractivity contribution in [3.05, 3.63) is 17.5 Å². The molecular formula is C16H30N4. The summed E-state index contributed by atoms with van der Waals surface area (Å²) >= 11 is 0. The van der Waals surface area contributed by atoms with Crippen LogP contribution in [0.3, 0.4) is 0 Å². The predicted molar refractivity (Wildman–Crippen MR) is 84.1 cm³/mol. The summed E-state index contributed by atoms with van der Waals surface area (Å²) in [6.45, 7) is 8.58. The summed E-state index contributed by atoms with van der Waals surface area (Å²) in [6.07, 6.45) is 5.63. The van der Waals surface area contributed by atoms with E-state index in [1.54, 1.807) is 0 Å². The molecule has 0 bridgehead atoms. The van der Waals surface area contributed by atoms with Crippen LogP contribution in [0.5, 0.6) is 0 Å². The van der Waals surface area contributed by atoms with Crippen molar-refractivity contribution in [3.8, 4) is 0 Å². The minimum atomic E-state index is 0.833. The van der Waals surface area contributed by atoms with E-state index < -0.39 is 0 Å². The fourth-order valence-electron chi connectivity index (χ4n) is 3.13. The third-order valence-corrected chi connectivity index (χ3v) is 4.58. The average Bonchev–Trinajstić information content (AvgIpc) is 3.03. The summed E-state index contributed by atoms with van der Waals surface area (Å²) in [5.74, 6) is 0. The molecule has 1 aliphatic carbocycles. The van der Waals surface area contributed by atoms with E-state index in [0.717, 1.165) is 31.4 Å². The lowest BCUT2D eigenvalue weighted by atomic mass is 10.2. The Kier molecular flexibility index (Phi) is 5.61. The van der Waals surface area contributed by atoms with Gasteiger partial charge in [0.1, 0.15) is 0 Å². The van der Waals surface area contributed by atoms with Gasteiger partial charge in [-0.2, -0.15) is 5.10 Å². The lowest BCUT2D eigenvalue weighted by Crippen LogP contribution is -2.37. The average molecular weight is 278 g/mol. The van der Waals surface area contributed by atoms with Crippen LogP contribution in [0.1, 0.15) is 37.1 Å². The van der Waals surface area contributed by atoms with Crippen molar-refractivity contribution >= 4 is 0 Å². The molecule has 4 nitrogen and oxygen atoms in total. The molecule has 0 amide bonds. The summed E-state index contributed by atoms with van der Waals surface area (Å²) in [6, 6.07) is 2.98. The normalized spacial score (nSPS) is 16.7. The molecule has 0 unspecified atom stereocenters. The fourth-order valence-corrected chi connectivity index (χ4v) is 3.13. The lowest BCUT2D eigenvalue weighted by Gasteiger charge is -2.26. The molecule has 1 aromatic heterocycles. The Hall–Kier alpha value is -0.870. The van der Waals surface area contributed by atoms with E-state index in [1.807, 2.05) is 0 Å². The second-order valence-corrected chi connectivity index (χ2v) is 6.37. The standard InChI is InChI=1S/C16H30N4/c1-14-13-15(2)20(17-14)12-10-18(3)9-11-19(4)16-7-5-6-8-16/h13,16H,5-12H2,1-4H3. The minimum absolute atomic E-state index is 0.833. The van der Waals surface area contributed by atoms with Crippen molar-refractivity contribution in [1.29, 1.82) is 0 Å². The number of rotatable bonds is 7. The van der Waals surface area contributed by atoms with Gasteiger partial charge in [-0.1, -0.05) is 12.8 Å². The number of likely N-dealkylation sites (N-methyl/N-ethyl adjacent to an activating group) is 2. The molecule has 1 fully saturated rings. The van der Waals surface area contributed by atoms with Crippen molar-refractivity contribution in [2.75, 3.05) is 33.7 Å². The zero-order chi connectivity index (χ0) is 14.5. The second-order valence-electron chi connectivity index (χ2n) is 6.37. The molecular weight excluding hydrogens is 248 g/mol. The molecule has 1 aromatic rings. The van der Waals surface area contributed by atoms with E-state index in [1.165, 1.54) is 37.9 Å². The Morgan fingerprint density at radius 1 is 1.15 bits per heavy atom. The van der Waals surface area contributed by atoms with Gasteiger partial charge in [0.15, 0.2) is 0 Å². The molecule has 0 saturated heterocycles. The number of aryl methyl sites for hydroxylation is 2. The Balaban J connectivity index is 1.67. The van der Waals surface area contributed by atoms with Crippen LogP contribution in [0.25, 0.3) is 0 Å². The highest BCUT2D eigenvalue weighted by molar-refractivity contribution is 5.06. The highest BCUT2D eigenvalue weighted by Crippen LogP contribution is 2.21. The highest BCUT2D eigenvalue weighted by Gasteiger charge is 2.19. The van der Waals surface area contributed by atoms with Crippen LogP contribution < -0.4 is 0 Å². The maximum absolute atomic E-state index is 4.52. The van der Waals surface area contributed by atoms with Gasteiger partial charge in [-0.05, 0) is 46.9 Å². The van der Waals surface area contributed by atoms with E-state index in [0.29, 0.717) is 0 Å². The quantitative estimate of drug-likeness (QED) is 0.765. The molecule has 0 aliphatic heterocycles. The molecule has 0 spiro atoms. The van der Waals surface area contributed by atoms with Crippen molar-refractivity contribution in [2.45, 2.75) is 52.1 Å². The van der Waals surface area contributed by atoms with Crippen LogP contribution in [-0.2, 0) is 6.54 Å². The van der Waals surface area contributed by atoms with Gasteiger partial charge in [-0.25, -0.2) is 0 Å². The predicted octanol–water partition coefficient (Wildman–Crippen LogP) is 2.31. The van der Waals surface area contributed by atoms with Crippen molar-refractivity contribution in [3.63, 3.8) is 0 Å². The first-order valence-corrected chi connectivity index (χ1v) is 7.96. The largest absolute Gasteiger partial charge is 0.303 e. The van der Waals surface area contributed by atoms with Crippen LogP contribution in [0.15, 0.2) is 6.07 Å². The monoisotopic (exact) mass is 278 g/mol. The summed E-state index contributed by atoms with van der Waals surface area (Å²) in [5, 5.41) is 4.52. The summed E-state index contributed by atoms with van der Waals surface area (Å²) < 4.78 is 2.12. The Labute approximate surface area is 123 Å². The van der Waals surface area contributed by atoms with Gasteiger partial charge in [0, 0.05) is 31.4 Å². The van der Waals surface area contributed by atoms with Gasteiger partial charge in [-0.3, -0.25) is 4.68 Å². The highest BCUT2D eigenvalue weighted by atomic mass is 15.3. The van der Waals surface area contributed by atoms with E-state index >= 15 is 0 Å². The topological polar surface area (TPSA) is 24.3 Å². The Morgan fingerprint density at radius 3 is 2.45 bits per heavy atom. The SMILES string of the molecule is Cc1cc(C)n(CCN(C)CCN(C)C2CCCC2)n1. The smallest absolute Gasteiger partial charge is 0.0596 e. The summed E-state index contributed by atoms with van der Waals surface area (Å²) in [5.41, 5.74) is 2.38. The van der Waals surface area contributed by atoms with Crippen LogP contribution in [0.4, 0.5) is 0 Å². The van der Waals surface area contributed by atoms with Crippen molar-refractivity contribution in [1.82, 2.24) is 19.6 Å². The number of hydrogen-bond donors (Lipinski definition) is 0.